The summed E-state index contributed by atoms with van der Waals surface area (Å²) in [6.07, 6.45) is 0. The Morgan fingerprint density at radius 2 is 0.600 bits per heavy atom. The lowest BCUT2D eigenvalue weighted by Crippen LogP contribution is -2.12. The molecular weight excluding hydrogens is 729 g/mol. The van der Waals surface area contributed by atoms with E-state index in [0.29, 0.717) is 0 Å². The lowest BCUT2D eigenvalue weighted by Gasteiger charge is -2.30. The predicted molar refractivity (Wildman–Crippen MR) is 252 cm³/mol. The summed E-state index contributed by atoms with van der Waals surface area (Å²) >= 11 is 0. The number of hydrogen-bond donors (Lipinski definition) is 0. The first-order valence-corrected chi connectivity index (χ1v) is 20.7. The molecule has 14 rings (SSSR count). The van der Waals surface area contributed by atoms with Gasteiger partial charge in [-0.15, -0.1) is 0 Å². The molecule has 0 amide bonds. The third-order valence-corrected chi connectivity index (χ3v) is 13.1. The molecule has 0 radical (unpaired) electrons. The maximum Gasteiger partial charge on any atom is 0.0569 e. The van der Waals surface area contributed by atoms with Crippen molar-refractivity contribution in [3.8, 4) is 33.9 Å². The van der Waals surface area contributed by atoms with Gasteiger partial charge in [-0.05, 0) is 78.9 Å². The van der Waals surface area contributed by atoms with E-state index in [-0.39, 0.29) is 0 Å². The van der Waals surface area contributed by atoms with Crippen molar-refractivity contribution in [2.24, 2.45) is 0 Å². The summed E-state index contributed by atoms with van der Waals surface area (Å²) < 4.78 is 10.00. The van der Waals surface area contributed by atoms with Crippen LogP contribution in [0.5, 0.6) is 0 Å². The first-order valence-electron chi connectivity index (χ1n) is 20.7. The highest BCUT2D eigenvalue weighted by atomic mass is 15.0. The standard InChI is InChI=1S/C56H34N4/c1-3-16-35(17-4-1)57-48-29-15-24-41-51(60-45-27-13-9-22-39(45)40-23-10-14-28-46(40)60)34-52-56(53(41)48)55-50(57)31-30-42-47(32-33-49(54(42)55)58(52)36-18-5-2-6-19-36)59-43-25-11-7-20-37(43)38-21-8-12-26-44(38)59/h1-34H. The van der Waals surface area contributed by atoms with Gasteiger partial charge in [0.15, 0.2) is 0 Å². The lowest BCUT2D eigenvalue weighted by molar-refractivity contribution is 1.13. The first-order chi connectivity index (χ1) is 29.8. The molecule has 0 unspecified atom stereocenters. The minimum Gasteiger partial charge on any atom is -0.309 e. The van der Waals surface area contributed by atoms with Crippen LogP contribution in [-0.4, -0.2) is 18.3 Å². The van der Waals surface area contributed by atoms with Gasteiger partial charge in [0.1, 0.15) is 0 Å². The highest BCUT2D eigenvalue weighted by Gasteiger charge is 2.30. The van der Waals surface area contributed by atoms with Crippen LogP contribution in [-0.2, 0) is 0 Å². The molecule has 0 aliphatic carbocycles. The van der Waals surface area contributed by atoms with Crippen molar-refractivity contribution in [2.75, 3.05) is 0 Å². The number of benzene rings is 10. The largest absolute Gasteiger partial charge is 0.309 e. The van der Waals surface area contributed by atoms with E-state index in [1.165, 1.54) is 104 Å². The summed E-state index contributed by atoms with van der Waals surface area (Å²) in [6, 6.07) is 76.0. The van der Waals surface area contributed by atoms with E-state index in [1.54, 1.807) is 0 Å². The summed E-state index contributed by atoms with van der Waals surface area (Å²) in [7, 11) is 0. The van der Waals surface area contributed by atoms with E-state index in [1.807, 2.05) is 0 Å². The van der Waals surface area contributed by atoms with Gasteiger partial charge in [0.2, 0.25) is 0 Å². The molecule has 0 fully saturated rings. The van der Waals surface area contributed by atoms with Crippen molar-refractivity contribution >= 4 is 87.2 Å². The Labute approximate surface area is 344 Å². The van der Waals surface area contributed by atoms with Crippen LogP contribution >= 0.6 is 0 Å². The third kappa shape index (κ3) is 4.04. The summed E-state index contributed by atoms with van der Waals surface area (Å²) in [4.78, 5) is 0. The smallest absolute Gasteiger partial charge is 0.0569 e. The molecule has 0 atom stereocenters. The van der Waals surface area contributed by atoms with Gasteiger partial charge in [0.05, 0.1) is 55.5 Å². The van der Waals surface area contributed by atoms with Crippen LogP contribution < -0.4 is 0 Å². The normalized spacial score (nSPS) is 12.3. The van der Waals surface area contributed by atoms with Gasteiger partial charge in [-0.1, -0.05) is 127 Å². The molecule has 0 spiro atoms. The number of rotatable bonds is 4. The first kappa shape index (κ1) is 31.9. The van der Waals surface area contributed by atoms with Crippen LogP contribution in [0.2, 0.25) is 0 Å². The summed E-state index contributed by atoms with van der Waals surface area (Å²) in [5.41, 5.74) is 16.7. The Morgan fingerprint density at radius 1 is 0.217 bits per heavy atom. The van der Waals surface area contributed by atoms with E-state index >= 15 is 0 Å². The number of para-hydroxylation sites is 6. The van der Waals surface area contributed by atoms with Gasteiger partial charge >= 0.3 is 0 Å². The molecule has 0 saturated carbocycles. The van der Waals surface area contributed by atoms with E-state index in [2.05, 4.69) is 225 Å². The van der Waals surface area contributed by atoms with Gasteiger partial charge < -0.3 is 18.3 Å². The second-order valence-corrected chi connectivity index (χ2v) is 16.1. The molecule has 0 bridgehead atoms. The molecule has 4 heterocycles. The van der Waals surface area contributed by atoms with E-state index < -0.39 is 0 Å². The fourth-order valence-corrected chi connectivity index (χ4v) is 10.8. The zero-order valence-electron chi connectivity index (χ0n) is 32.4. The molecule has 4 nitrogen and oxygen atoms in total. The van der Waals surface area contributed by atoms with Crippen molar-refractivity contribution < 1.29 is 0 Å². The molecule has 12 aromatic rings. The van der Waals surface area contributed by atoms with Crippen LogP contribution in [0, 0.1) is 0 Å². The molecule has 4 heteroatoms. The summed E-state index contributed by atoms with van der Waals surface area (Å²) in [5.74, 6) is 0. The average Bonchev–Trinajstić information content (AvgIpc) is 3.83. The maximum atomic E-state index is 2.52. The van der Waals surface area contributed by atoms with Crippen LogP contribution in [0.3, 0.4) is 0 Å². The fourth-order valence-electron chi connectivity index (χ4n) is 10.8. The molecule has 0 N–H and O–H groups in total. The Bertz CT molecular complexity index is 3880. The van der Waals surface area contributed by atoms with E-state index in [9.17, 15) is 0 Å². The molecule has 60 heavy (non-hydrogen) atoms. The van der Waals surface area contributed by atoms with Crippen LogP contribution in [0.1, 0.15) is 0 Å². The molecule has 10 aromatic carbocycles. The Balaban J connectivity index is 1.25. The summed E-state index contributed by atoms with van der Waals surface area (Å²) in [6.45, 7) is 0. The highest BCUT2D eigenvalue weighted by molar-refractivity contribution is 6.29. The van der Waals surface area contributed by atoms with Gasteiger partial charge in [0, 0.05) is 65.6 Å². The number of fused-ring (bicyclic) bond motifs is 6. The van der Waals surface area contributed by atoms with Crippen molar-refractivity contribution in [1.29, 1.82) is 0 Å². The zero-order valence-corrected chi connectivity index (χ0v) is 32.4. The topological polar surface area (TPSA) is 19.7 Å². The Kier molecular flexibility index (Phi) is 6.26. The molecular formula is C56H34N4. The second-order valence-electron chi connectivity index (χ2n) is 16.1. The van der Waals surface area contributed by atoms with Crippen molar-refractivity contribution in [2.45, 2.75) is 0 Å². The number of nitrogens with zero attached hydrogens (tertiary/aromatic N) is 4. The van der Waals surface area contributed by atoms with Crippen molar-refractivity contribution in [3.05, 3.63) is 206 Å². The number of hydrogen-bond acceptors (Lipinski definition) is 0. The van der Waals surface area contributed by atoms with Gasteiger partial charge in [-0.3, -0.25) is 0 Å². The SMILES string of the molecule is c1ccc(-n2c3ccc4c(-n5c6ccccc6c6ccccc65)ccc5c4c3-c3c4c(cccc42)c(-n2c4ccccc4c4ccccc42)cc3n5-c2ccccc2)cc1. The van der Waals surface area contributed by atoms with Crippen LogP contribution in [0.25, 0.3) is 121 Å². The van der Waals surface area contributed by atoms with Crippen LogP contribution in [0.15, 0.2) is 206 Å². The Hall–Kier alpha value is -8.08. The van der Waals surface area contributed by atoms with Crippen molar-refractivity contribution in [1.82, 2.24) is 18.3 Å². The maximum absolute atomic E-state index is 2.52. The fraction of sp³-hybridized carbons (Fsp3) is 0. The summed E-state index contributed by atoms with van der Waals surface area (Å²) in [5, 5.41) is 9.97. The minimum absolute atomic E-state index is 1.13. The van der Waals surface area contributed by atoms with E-state index in [0.717, 1.165) is 17.1 Å². The number of aromatic nitrogens is 4. The molecule has 2 aliphatic rings. The second kappa shape index (κ2) is 11.8. The molecule has 2 aliphatic heterocycles. The quantitative estimate of drug-likeness (QED) is 0.126. The predicted octanol–water partition coefficient (Wildman–Crippen LogP) is 14.6. The monoisotopic (exact) mass is 762 g/mol. The average molecular weight is 763 g/mol. The van der Waals surface area contributed by atoms with E-state index in [4.69, 9.17) is 0 Å². The number of pyridine rings is 2. The molecule has 2 aromatic heterocycles. The van der Waals surface area contributed by atoms with Gasteiger partial charge in [0.25, 0.3) is 0 Å². The van der Waals surface area contributed by atoms with Gasteiger partial charge in [-0.2, -0.15) is 0 Å². The minimum atomic E-state index is 1.13. The zero-order chi connectivity index (χ0) is 39.1. The molecule has 0 saturated heterocycles. The molecule has 278 valence electrons. The Morgan fingerprint density at radius 3 is 1.15 bits per heavy atom. The van der Waals surface area contributed by atoms with Crippen molar-refractivity contribution in [3.63, 3.8) is 0 Å². The lowest BCUT2D eigenvalue weighted by atomic mass is 9.86. The van der Waals surface area contributed by atoms with Gasteiger partial charge in [-0.25, -0.2) is 0 Å². The van der Waals surface area contributed by atoms with Crippen LogP contribution in [0.4, 0.5) is 0 Å². The third-order valence-electron chi connectivity index (χ3n) is 13.1. The highest BCUT2D eigenvalue weighted by Crippen LogP contribution is 2.52.